The van der Waals surface area contributed by atoms with Crippen molar-refractivity contribution in [3.05, 3.63) is 114 Å². The molecule has 4 heterocycles. The molecule has 0 radical (unpaired) electrons. The number of hydrogen-bond acceptors (Lipinski definition) is 12. The van der Waals surface area contributed by atoms with Crippen LogP contribution in [0.3, 0.4) is 0 Å². The van der Waals surface area contributed by atoms with Gasteiger partial charge in [-0.1, -0.05) is 45.0 Å². The zero-order valence-corrected chi connectivity index (χ0v) is 40.8. The number of anilines is 2. The minimum atomic E-state index is -4.87. The first-order valence-corrected chi connectivity index (χ1v) is 23.2. The third kappa shape index (κ3) is 11.8. The third-order valence-corrected chi connectivity index (χ3v) is 12.4. The summed E-state index contributed by atoms with van der Waals surface area (Å²) < 4.78 is 64.1. The van der Waals surface area contributed by atoms with Gasteiger partial charge in [-0.15, -0.1) is 0 Å². The second-order valence-electron chi connectivity index (χ2n) is 18.6. The van der Waals surface area contributed by atoms with Crippen LogP contribution < -0.4 is 29.9 Å². The number of aryl methyl sites for hydroxylation is 1. The van der Waals surface area contributed by atoms with Crippen molar-refractivity contribution in [2.75, 3.05) is 36.2 Å². The minimum absolute atomic E-state index is 0.0644. The number of nitriles is 1. The number of rotatable bonds is 17. The average Bonchev–Trinajstić information content (AvgIpc) is 4.05. The maximum Gasteiger partial charge on any atom is 0.419 e. The average molecular weight is 995 g/mol. The molecule has 2 N–H and O–H groups in total. The van der Waals surface area contributed by atoms with E-state index >= 15 is 0 Å². The molecule has 1 unspecified atom stereocenters. The molecule has 2 fully saturated rings. The number of alkyl halides is 3. The minimum Gasteiger partial charge on any atom is -0.494 e. The lowest BCUT2D eigenvalue weighted by Crippen LogP contribution is -2.58. The fraction of sp³-hybridized carbons (Fsp3) is 0.373. The van der Waals surface area contributed by atoms with Gasteiger partial charge in [-0.25, -0.2) is 9.97 Å². The van der Waals surface area contributed by atoms with E-state index in [4.69, 9.17) is 36.1 Å². The monoisotopic (exact) mass is 994 g/mol. The first kappa shape index (κ1) is 51.5. The molecule has 0 aliphatic carbocycles. The number of carbonyl (C=O) groups is 4. The van der Waals surface area contributed by atoms with E-state index in [9.17, 15) is 32.3 Å². The lowest BCUT2D eigenvalue weighted by molar-refractivity contribution is -0.144. The van der Waals surface area contributed by atoms with Crippen LogP contribution in [0, 0.1) is 23.7 Å². The Labute approximate surface area is 414 Å². The van der Waals surface area contributed by atoms with Crippen LogP contribution in [0.1, 0.15) is 76.4 Å². The molecular weight excluding hydrogens is 942 g/mol. The molecule has 2 aliphatic rings. The molecule has 71 heavy (non-hydrogen) atoms. The molecule has 0 bridgehead atoms. The molecule has 2 saturated heterocycles. The molecule has 0 spiro atoms. The molecule has 0 saturated carbocycles. The molecule has 2 atom stereocenters. The summed E-state index contributed by atoms with van der Waals surface area (Å²) in [6.45, 7) is 11.5. The number of thiocarbonyl (C=S) groups is 1. The highest BCUT2D eigenvalue weighted by Crippen LogP contribution is 2.40. The highest BCUT2D eigenvalue weighted by Gasteiger charge is 2.51. The maximum absolute atomic E-state index is 13.9. The summed E-state index contributed by atoms with van der Waals surface area (Å²) in [7, 11) is 0. The summed E-state index contributed by atoms with van der Waals surface area (Å²) in [4.78, 5) is 65.8. The van der Waals surface area contributed by atoms with Gasteiger partial charge in [-0.3, -0.25) is 24.1 Å². The number of nitrogens with one attached hydrogen (secondary N) is 2. The number of hydrogen-bond donors (Lipinski definition) is 2. The summed E-state index contributed by atoms with van der Waals surface area (Å²) in [5, 5.41) is 14.9. The number of amides is 4. The molecule has 20 heteroatoms. The third-order valence-electron chi connectivity index (χ3n) is 12.0. The first-order chi connectivity index (χ1) is 33.7. The van der Waals surface area contributed by atoms with E-state index < -0.39 is 52.3 Å². The second-order valence-corrected chi connectivity index (χ2v) is 18.9. The summed E-state index contributed by atoms with van der Waals surface area (Å²) in [5.41, 5.74) is -1.19. The normalized spacial score (nSPS) is 16.2. The van der Waals surface area contributed by atoms with Gasteiger partial charge in [-0.2, -0.15) is 18.4 Å². The largest absolute Gasteiger partial charge is 0.494 e. The Morgan fingerprint density at radius 3 is 2.24 bits per heavy atom. The maximum atomic E-state index is 13.9. The van der Waals surface area contributed by atoms with Crippen LogP contribution in [0.2, 0.25) is 0 Å². The van der Waals surface area contributed by atoms with Gasteiger partial charge in [0.1, 0.15) is 47.5 Å². The van der Waals surface area contributed by atoms with Gasteiger partial charge in [0.15, 0.2) is 23.0 Å². The molecule has 7 rings (SSSR count). The van der Waals surface area contributed by atoms with Crippen molar-refractivity contribution in [3.8, 4) is 34.6 Å². The van der Waals surface area contributed by atoms with Gasteiger partial charge in [-0.05, 0) is 111 Å². The van der Waals surface area contributed by atoms with E-state index in [0.29, 0.717) is 60.6 Å². The van der Waals surface area contributed by atoms with Gasteiger partial charge in [0.05, 0.1) is 36.4 Å². The van der Waals surface area contributed by atoms with Crippen molar-refractivity contribution in [1.29, 1.82) is 5.26 Å². The highest BCUT2D eigenvalue weighted by molar-refractivity contribution is 7.81. The molecule has 4 amide bonds. The van der Waals surface area contributed by atoms with E-state index in [-0.39, 0.29) is 49.0 Å². The number of benzene rings is 3. The molecular formula is C51H53F3N8O8S. The van der Waals surface area contributed by atoms with Crippen molar-refractivity contribution >= 4 is 52.3 Å². The number of oxazole rings is 1. The molecule has 3 aromatic carbocycles. The first-order valence-electron chi connectivity index (χ1n) is 22.8. The van der Waals surface area contributed by atoms with Gasteiger partial charge in [0.2, 0.25) is 17.7 Å². The predicted molar refractivity (Wildman–Crippen MR) is 259 cm³/mol. The van der Waals surface area contributed by atoms with E-state index in [1.54, 1.807) is 67.3 Å². The van der Waals surface area contributed by atoms with E-state index in [2.05, 4.69) is 20.6 Å². The van der Waals surface area contributed by atoms with Crippen molar-refractivity contribution in [2.24, 2.45) is 5.41 Å². The lowest BCUT2D eigenvalue weighted by Gasteiger charge is -2.35. The molecule has 372 valence electrons. The zero-order chi connectivity index (χ0) is 51.3. The summed E-state index contributed by atoms with van der Waals surface area (Å²) in [6, 6.07) is 21.7. The Hall–Kier alpha value is -7.37. The van der Waals surface area contributed by atoms with Gasteiger partial charge in [0, 0.05) is 30.8 Å². The van der Waals surface area contributed by atoms with Crippen LogP contribution in [0.4, 0.5) is 24.5 Å². The van der Waals surface area contributed by atoms with E-state index in [1.807, 2.05) is 52.0 Å². The lowest BCUT2D eigenvalue weighted by atomic mass is 9.85. The van der Waals surface area contributed by atoms with Gasteiger partial charge in [0.25, 0.3) is 5.91 Å². The number of halogens is 3. The standard InChI is InChI=1S/C51H53F3N8O8S/c1-31-43(69-30-58-31)33-12-10-32(11-13-33)27-57-45(64)41-9-7-22-60(41)46(65)44(49(2,3)4)59-42(63)29-67-23-8-24-68-36-18-20-38(21-19-36)70-37-16-14-34(15-17-37)62-48(71)61(47(66)50(62,5)6)35-25-39(51(52,53)54)40(26-55)56-28-35/h10-21,25,28,30,41,44H,7-9,22-24,27,29H2,1-6H3,(H,57,64)(H,59,63)/t41-,44?/m0/s1. The van der Waals surface area contributed by atoms with Crippen LogP contribution in [0.15, 0.2) is 95.9 Å². The number of pyridine rings is 1. The number of nitrogens with zero attached hydrogens (tertiary/aromatic N) is 6. The van der Waals surface area contributed by atoms with Crippen molar-refractivity contribution in [1.82, 2.24) is 25.5 Å². The molecule has 2 aliphatic heterocycles. The SMILES string of the molecule is Cc1ncoc1-c1ccc(CNC(=O)[C@@H]2CCCN2C(=O)C(NC(=O)COCCCOc2ccc(Oc3ccc(N4C(=S)N(c5cnc(C#N)c(C(F)(F)F)c5)C(=O)C4(C)C)cc3)cc2)C(C)(C)C)cc1. The topological polar surface area (TPSA) is 192 Å². The summed E-state index contributed by atoms with van der Waals surface area (Å²) >= 11 is 5.61. The fourth-order valence-electron chi connectivity index (χ4n) is 8.24. The van der Waals surface area contributed by atoms with Crippen LogP contribution in [0.5, 0.6) is 17.2 Å². The highest BCUT2D eigenvalue weighted by atomic mass is 32.1. The van der Waals surface area contributed by atoms with Crippen molar-refractivity contribution in [2.45, 2.75) is 91.1 Å². The number of likely N-dealkylation sites (tertiary alicyclic amines) is 1. The zero-order valence-electron chi connectivity index (χ0n) is 40.0. The van der Waals surface area contributed by atoms with Crippen LogP contribution in [0.25, 0.3) is 11.3 Å². The number of carbonyl (C=O) groups excluding carboxylic acids is 4. The van der Waals surface area contributed by atoms with E-state index in [0.717, 1.165) is 27.9 Å². The quantitative estimate of drug-likeness (QED) is 0.0669. The Morgan fingerprint density at radius 1 is 0.958 bits per heavy atom. The number of aromatic nitrogens is 2. The fourth-order valence-corrected chi connectivity index (χ4v) is 8.76. The molecule has 2 aromatic heterocycles. The van der Waals surface area contributed by atoms with Crippen LogP contribution >= 0.6 is 12.2 Å². The second kappa shape index (κ2) is 21.3. The Bertz CT molecular complexity index is 2810. The Kier molecular flexibility index (Phi) is 15.5. The van der Waals surface area contributed by atoms with Crippen molar-refractivity contribution in [3.63, 3.8) is 0 Å². The number of ether oxygens (including phenoxy) is 3. The molecule has 16 nitrogen and oxygen atoms in total. The molecule has 5 aromatic rings. The Balaban J connectivity index is 0.834. The predicted octanol–water partition coefficient (Wildman–Crippen LogP) is 8.27. The van der Waals surface area contributed by atoms with Crippen LogP contribution in [-0.4, -0.2) is 87.6 Å². The Morgan fingerprint density at radius 2 is 1.62 bits per heavy atom. The summed E-state index contributed by atoms with van der Waals surface area (Å²) in [6.07, 6.45) is -0.821. The van der Waals surface area contributed by atoms with Gasteiger partial charge >= 0.3 is 6.18 Å². The smallest absolute Gasteiger partial charge is 0.419 e. The van der Waals surface area contributed by atoms with Gasteiger partial charge < -0.3 is 39.1 Å². The van der Waals surface area contributed by atoms with Crippen molar-refractivity contribution < 1.29 is 51.0 Å². The van der Waals surface area contributed by atoms with E-state index in [1.165, 1.54) is 17.4 Å². The summed E-state index contributed by atoms with van der Waals surface area (Å²) in [5.74, 6) is 0.595. The van der Waals surface area contributed by atoms with Crippen LogP contribution in [-0.2, 0) is 36.6 Å².